The maximum atomic E-state index is 10.7. The summed E-state index contributed by atoms with van der Waals surface area (Å²) >= 11 is 1.25. The monoisotopic (exact) mass is 269 g/mol. The molecule has 0 aromatic carbocycles. The maximum absolute atomic E-state index is 10.7. The van der Waals surface area contributed by atoms with Gasteiger partial charge in [0.05, 0.1) is 10.5 Å². The van der Waals surface area contributed by atoms with Gasteiger partial charge in [0, 0.05) is 6.92 Å². The van der Waals surface area contributed by atoms with Crippen molar-refractivity contribution in [1.29, 1.82) is 0 Å². The second-order valence-electron chi connectivity index (χ2n) is 3.16. The lowest BCUT2D eigenvalue weighted by atomic mass is 10.7. The zero-order valence-electron chi connectivity index (χ0n) is 9.14. The smallest absolute Gasteiger partial charge is 0.407 e. The summed E-state index contributed by atoms with van der Waals surface area (Å²) in [6.45, 7) is 1.46. The van der Waals surface area contributed by atoms with Gasteiger partial charge in [-0.2, -0.15) is 0 Å². The Morgan fingerprint density at radius 1 is 1.67 bits per heavy atom. The maximum Gasteiger partial charge on any atom is 0.410 e. The first-order chi connectivity index (χ1) is 8.54. The number of rotatable bonds is 4. The quantitative estimate of drug-likeness (QED) is 0.454. The van der Waals surface area contributed by atoms with Crippen LogP contribution in [0.1, 0.15) is 11.9 Å². The van der Waals surface area contributed by atoms with Crippen molar-refractivity contribution in [3.05, 3.63) is 26.7 Å². The zero-order chi connectivity index (χ0) is 13.1. The molecule has 0 radical (unpaired) electrons. The van der Waals surface area contributed by atoms with E-state index in [2.05, 4.69) is 15.2 Å². The van der Waals surface area contributed by atoms with E-state index < -0.39 is 10.9 Å². The van der Waals surface area contributed by atoms with Crippen molar-refractivity contribution < 1.29 is 14.5 Å². The van der Waals surface area contributed by atoms with Crippen LogP contribution in [0, 0.1) is 10.1 Å². The fourth-order valence-electron chi connectivity index (χ4n) is 1.13. The molecule has 0 aliphatic heterocycles. The molecule has 0 spiro atoms. The third-order valence-electron chi connectivity index (χ3n) is 1.77. The largest absolute Gasteiger partial charge is 0.410 e. The molecule has 2 heterocycles. The molecule has 2 aromatic heterocycles. The molecule has 0 aliphatic rings. The normalized spacial score (nSPS) is 10.3. The highest BCUT2D eigenvalue weighted by atomic mass is 32.1. The lowest BCUT2D eigenvalue weighted by molar-refractivity contribution is -0.389. The number of nitro groups is 1. The number of aromatic nitrogens is 4. The van der Waals surface area contributed by atoms with Gasteiger partial charge in [0.15, 0.2) is 6.20 Å². The molecule has 0 saturated heterocycles. The molecule has 0 aliphatic carbocycles. The van der Waals surface area contributed by atoms with Crippen LogP contribution in [0.2, 0.25) is 0 Å². The fourth-order valence-corrected chi connectivity index (χ4v) is 1.80. The van der Waals surface area contributed by atoms with Crippen LogP contribution in [0.3, 0.4) is 0 Å². The Bertz CT molecular complexity index is 592. The van der Waals surface area contributed by atoms with E-state index in [9.17, 15) is 14.9 Å². The van der Waals surface area contributed by atoms with Crippen LogP contribution >= 0.6 is 11.3 Å². The van der Waals surface area contributed by atoms with Gasteiger partial charge in [-0.1, -0.05) is 4.80 Å². The molecular formula is C8H7N5O4S. The number of nitrogens with zero attached hydrogens (tertiary/aromatic N) is 5. The number of carbonyl (C=O) groups excluding carboxylic acids is 1. The topological polar surface area (TPSA) is 113 Å². The van der Waals surface area contributed by atoms with E-state index in [4.69, 9.17) is 4.74 Å². The van der Waals surface area contributed by atoms with Crippen LogP contribution in [0.4, 0.5) is 5.82 Å². The number of thiazole rings is 1. The lowest BCUT2D eigenvalue weighted by Crippen LogP contribution is -2.05. The first kappa shape index (κ1) is 12.1. The molecule has 0 bridgehead atoms. The van der Waals surface area contributed by atoms with E-state index in [-0.39, 0.29) is 18.2 Å². The first-order valence-corrected chi connectivity index (χ1v) is 5.60. The zero-order valence-corrected chi connectivity index (χ0v) is 9.96. The average molecular weight is 269 g/mol. The van der Waals surface area contributed by atoms with E-state index in [1.807, 2.05) is 0 Å². The van der Waals surface area contributed by atoms with Crippen molar-refractivity contribution >= 4 is 23.1 Å². The van der Waals surface area contributed by atoms with Crippen molar-refractivity contribution in [3.8, 4) is 5.88 Å². The van der Waals surface area contributed by atoms with Gasteiger partial charge in [0.25, 0.3) is 0 Å². The minimum atomic E-state index is -0.629. The molecule has 2 aromatic rings. The number of hydrogen-bond acceptors (Lipinski definition) is 8. The SMILES string of the molecule is CC(=O)Oc1csc(Cn2ncc([N+](=O)[O-])n2)n1. The number of hydrogen-bond donors (Lipinski definition) is 0. The van der Waals surface area contributed by atoms with E-state index in [0.717, 1.165) is 11.0 Å². The van der Waals surface area contributed by atoms with Crippen molar-refractivity contribution in [1.82, 2.24) is 20.0 Å². The van der Waals surface area contributed by atoms with Gasteiger partial charge >= 0.3 is 11.8 Å². The number of esters is 1. The van der Waals surface area contributed by atoms with Gasteiger partial charge < -0.3 is 14.9 Å². The van der Waals surface area contributed by atoms with E-state index >= 15 is 0 Å². The molecule has 0 amide bonds. The summed E-state index contributed by atoms with van der Waals surface area (Å²) in [5.41, 5.74) is 0. The van der Waals surface area contributed by atoms with Gasteiger partial charge in [-0.15, -0.1) is 16.4 Å². The Labute approximate surface area is 104 Å². The summed E-state index contributed by atoms with van der Waals surface area (Å²) in [7, 11) is 0. The molecule has 94 valence electrons. The highest BCUT2D eigenvalue weighted by Crippen LogP contribution is 2.17. The van der Waals surface area contributed by atoms with Crippen LogP contribution in [0.15, 0.2) is 11.6 Å². The number of ether oxygens (including phenoxy) is 1. The highest BCUT2D eigenvalue weighted by molar-refractivity contribution is 7.09. The summed E-state index contributed by atoms with van der Waals surface area (Å²) < 4.78 is 4.78. The van der Waals surface area contributed by atoms with Crippen LogP contribution < -0.4 is 4.74 Å². The molecule has 0 saturated carbocycles. The molecule has 0 N–H and O–H groups in total. The molecule has 10 heteroatoms. The van der Waals surface area contributed by atoms with Gasteiger partial charge in [-0.3, -0.25) is 4.79 Å². The van der Waals surface area contributed by atoms with Gasteiger partial charge in [-0.25, -0.2) is 4.98 Å². The molecule has 0 fully saturated rings. The van der Waals surface area contributed by atoms with Crippen LogP contribution in [0.5, 0.6) is 5.88 Å². The van der Waals surface area contributed by atoms with Crippen LogP contribution in [0.25, 0.3) is 0 Å². The predicted octanol–water partition coefficient (Wildman–Crippen LogP) is 0.616. The summed E-state index contributed by atoms with van der Waals surface area (Å²) in [6.07, 6.45) is 1.06. The fraction of sp³-hybridized carbons (Fsp3) is 0.250. The Balaban J connectivity index is 2.06. The van der Waals surface area contributed by atoms with Gasteiger partial charge in [0.1, 0.15) is 11.6 Å². The third-order valence-corrected chi connectivity index (χ3v) is 2.58. The summed E-state index contributed by atoms with van der Waals surface area (Å²) in [6, 6.07) is 0. The van der Waals surface area contributed by atoms with Crippen molar-refractivity contribution in [2.75, 3.05) is 0 Å². The van der Waals surface area contributed by atoms with Crippen molar-refractivity contribution in [2.24, 2.45) is 0 Å². The summed E-state index contributed by atoms with van der Waals surface area (Å²) in [5, 5.41) is 19.9. The molecule has 0 atom stereocenters. The molecular weight excluding hydrogens is 262 g/mol. The Hall–Kier alpha value is -2.36. The minimum Gasteiger partial charge on any atom is -0.407 e. The Kier molecular flexibility index (Phi) is 3.28. The first-order valence-electron chi connectivity index (χ1n) is 4.72. The second kappa shape index (κ2) is 4.87. The lowest BCUT2D eigenvalue weighted by Gasteiger charge is -1.93. The van der Waals surface area contributed by atoms with Crippen LogP contribution in [-0.4, -0.2) is 30.9 Å². The molecule has 18 heavy (non-hydrogen) atoms. The highest BCUT2D eigenvalue weighted by Gasteiger charge is 2.14. The minimum absolute atomic E-state index is 0.180. The van der Waals surface area contributed by atoms with E-state index in [1.54, 1.807) is 5.38 Å². The Morgan fingerprint density at radius 2 is 2.44 bits per heavy atom. The molecule has 0 unspecified atom stereocenters. The average Bonchev–Trinajstić information content (AvgIpc) is 2.88. The standard InChI is InChI=1S/C8H7N5O4S/c1-5(14)17-7-4-18-8(10-7)3-12-9-2-6(11-12)13(15)16/h2,4H,3H2,1H3. The van der Waals surface area contributed by atoms with Crippen molar-refractivity contribution in [2.45, 2.75) is 13.5 Å². The van der Waals surface area contributed by atoms with E-state index in [1.165, 1.54) is 18.3 Å². The molecule has 9 nitrogen and oxygen atoms in total. The van der Waals surface area contributed by atoms with Crippen molar-refractivity contribution in [3.63, 3.8) is 0 Å². The van der Waals surface area contributed by atoms with Gasteiger partial charge in [0.2, 0.25) is 5.88 Å². The summed E-state index contributed by atoms with van der Waals surface area (Å²) in [5.74, 6) is -0.587. The second-order valence-corrected chi connectivity index (χ2v) is 4.11. The van der Waals surface area contributed by atoms with Crippen LogP contribution in [-0.2, 0) is 11.3 Å². The van der Waals surface area contributed by atoms with E-state index in [0.29, 0.717) is 5.01 Å². The predicted molar refractivity (Wildman–Crippen MR) is 59.2 cm³/mol. The Morgan fingerprint density at radius 3 is 3.06 bits per heavy atom. The molecule has 2 rings (SSSR count). The third kappa shape index (κ3) is 2.85. The van der Waals surface area contributed by atoms with Gasteiger partial charge in [-0.05, 0) is 4.92 Å². The number of carbonyl (C=O) groups is 1. The summed E-state index contributed by atoms with van der Waals surface area (Å²) in [4.78, 5) is 25.6.